The van der Waals surface area contributed by atoms with Gasteiger partial charge in [-0.2, -0.15) is 0 Å². The lowest BCUT2D eigenvalue weighted by Gasteiger charge is -2.17. The third kappa shape index (κ3) is 3.43. The normalized spacial score (nSPS) is 11.2. The Hall–Kier alpha value is -3.04. The largest absolute Gasteiger partial charge is 0.360 e. The van der Waals surface area contributed by atoms with Crippen LogP contribution >= 0.6 is 22.9 Å². The van der Waals surface area contributed by atoms with Gasteiger partial charge in [0, 0.05) is 7.05 Å². The van der Waals surface area contributed by atoms with Crippen molar-refractivity contribution in [2.75, 3.05) is 7.05 Å². The van der Waals surface area contributed by atoms with Gasteiger partial charge >= 0.3 is 0 Å². The molecule has 1 N–H and O–H groups in total. The maximum atomic E-state index is 14.4. The van der Waals surface area contributed by atoms with E-state index in [1.54, 1.807) is 25.4 Å². The molecule has 29 heavy (non-hydrogen) atoms. The highest BCUT2D eigenvalue weighted by molar-refractivity contribution is 7.17. The first-order valence-electron chi connectivity index (χ1n) is 8.49. The number of aromatic amines is 1. The number of carbonyl (C=O) groups excluding carboxylic acids is 1. The fourth-order valence-electron chi connectivity index (χ4n) is 3.00. The van der Waals surface area contributed by atoms with Crippen molar-refractivity contribution in [1.29, 1.82) is 0 Å². The summed E-state index contributed by atoms with van der Waals surface area (Å²) in [5.74, 6) is -0.523. The zero-order chi connectivity index (χ0) is 20.7. The van der Waals surface area contributed by atoms with Crippen LogP contribution in [0.25, 0.3) is 21.5 Å². The number of nitrogens with one attached hydrogen (secondary N) is 1. The average Bonchev–Trinajstić information content (AvgIpc) is 3.28. The van der Waals surface area contributed by atoms with Crippen LogP contribution in [0.5, 0.6) is 0 Å². The van der Waals surface area contributed by atoms with Gasteiger partial charge in [-0.1, -0.05) is 22.8 Å². The number of halogens is 2. The fourth-order valence-corrected chi connectivity index (χ4v) is 3.98. The summed E-state index contributed by atoms with van der Waals surface area (Å²) >= 11 is 7.42. The predicted molar refractivity (Wildman–Crippen MR) is 108 cm³/mol. The summed E-state index contributed by atoms with van der Waals surface area (Å²) in [6.45, 7) is 1.60. The lowest BCUT2D eigenvalue weighted by molar-refractivity contribution is 0.0780. The van der Waals surface area contributed by atoms with Crippen LogP contribution in [0.3, 0.4) is 0 Å². The molecule has 7 nitrogen and oxygen atoms in total. The molecule has 0 radical (unpaired) electrons. The molecule has 0 spiro atoms. The van der Waals surface area contributed by atoms with Gasteiger partial charge in [-0.25, -0.2) is 9.37 Å². The number of fused-ring (bicyclic) bond motifs is 1. The number of benzene rings is 1. The van der Waals surface area contributed by atoms with E-state index >= 15 is 0 Å². The molecule has 4 rings (SSSR count). The quantitative estimate of drug-likeness (QED) is 0.526. The van der Waals surface area contributed by atoms with E-state index in [2.05, 4.69) is 15.1 Å². The average molecular weight is 433 g/mol. The fraction of sp³-hybridized carbons (Fsp3) is 0.158. The van der Waals surface area contributed by atoms with Gasteiger partial charge in [-0.05, 0) is 30.5 Å². The minimum absolute atomic E-state index is 0.00556. The van der Waals surface area contributed by atoms with E-state index in [0.717, 1.165) is 0 Å². The van der Waals surface area contributed by atoms with Crippen LogP contribution in [0.15, 0.2) is 39.0 Å². The van der Waals surface area contributed by atoms with E-state index in [0.29, 0.717) is 16.0 Å². The summed E-state index contributed by atoms with van der Waals surface area (Å²) in [4.78, 5) is 33.6. The predicted octanol–water partition coefficient (Wildman–Crippen LogP) is 4.01. The lowest BCUT2D eigenvalue weighted by atomic mass is 10.0. The number of carbonyl (C=O) groups is 1. The summed E-state index contributed by atoms with van der Waals surface area (Å²) in [5.41, 5.74) is 0.417. The highest BCUT2D eigenvalue weighted by Crippen LogP contribution is 2.34. The van der Waals surface area contributed by atoms with Crippen LogP contribution in [0.2, 0.25) is 5.02 Å². The second-order valence-corrected chi connectivity index (χ2v) is 7.69. The maximum Gasteiger partial charge on any atom is 0.268 e. The highest BCUT2D eigenvalue weighted by atomic mass is 35.5. The molecule has 0 bridgehead atoms. The topological polar surface area (TPSA) is 92.1 Å². The minimum Gasteiger partial charge on any atom is -0.360 e. The number of amides is 1. The van der Waals surface area contributed by atoms with Gasteiger partial charge in [0.25, 0.3) is 11.5 Å². The molecule has 0 saturated heterocycles. The second kappa shape index (κ2) is 7.41. The summed E-state index contributed by atoms with van der Waals surface area (Å²) in [5, 5.41) is 5.74. The van der Waals surface area contributed by atoms with Gasteiger partial charge in [-0.15, -0.1) is 11.3 Å². The Bertz CT molecular complexity index is 1280. The van der Waals surface area contributed by atoms with Crippen LogP contribution < -0.4 is 5.56 Å². The number of aryl methyl sites for hydroxylation is 1. The summed E-state index contributed by atoms with van der Waals surface area (Å²) in [6.07, 6.45) is 0. The number of aromatic nitrogens is 3. The Kier molecular flexibility index (Phi) is 4.93. The van der Waals surface area contributed by atoms with Gasteiger partial charge in [0.05, 0.1) is 22.6 Å². The SMILES string of the molecule is Cc1onc(-c2c(F)cccc2Cl)c1C(=O)N(C)Cc1nc2ccsc2c(=O)[nH]1. The van der Waals surface area contributed by atoms with Gasteiger partial charge in [0.15, 0.2) is 0 Å². The highest BCUT2D eigenvalue weighted by Gasteiger charge is 2.27. The van der Waals surface area contributed by atoms with E-state index in [1.807, 2.05) is 0 Å². The Morgan fingerprint density at radius 2 is 2.17 bits per heavy atom. The monoisotopic (exact) mass is 432 g/mol. The second-order valence-electron chi connectivity index (χ2n) is 6.37. The van der Waals surface area contributed by atoms with Crippen LogP contribution in [-0.4, -0.2) is 33.0 Å². The number of thiophene rings is 1. The third-order valence-electron chi connectivity index (χ3n) is 4.37. The van der Waals surface area contributed by atoms with Crippen molar-refractivity contribution < 1.29 is 13.7 Å². The van der Waals surface area contributed by atoms with E-state index < -0.39 is 11.7 Å². The molecule has 3 aromatic heterocycles. The van der Waals surface area contributed by atoms with Crippen molar-refractivity contribution in [3.63, 3.8) is 0 Å². The van der Waals surface area contributed by atoms with E-state index in [9.17, 15) is 14.0 Å². The number of rotatable bonds is 4. The molecular formula is C19H14ClFN4O3S. The molecule has 0 atom stereocenters. The Labute approximate surface area is 172 Å². The number of H-pyrrole nitrogens is 1. The number of hydrogen-bond acceptors (Lipinski definition) is 6. The first kappa shape index (κ1) is 19.3. The van der Waals surface area contributed by atoms with Crippen molar-refractivity contribution in [3.8, 4) is 11.3 Å². The molecule has 1 amide bonds. The smallest absolute Gasteiger partial charge is 0.268 e. The van der Waals surface area contributed by atoms with Crippen LogP contribution in [0, 0.1) is 12.7 Å². The zero-order valence-corrected chi connectivity index (χ0v) is 16.9. The molecule has 0 aliphatic heterocycles. The molecule has 0 unspecified atom stereocenters. The van der Waals surface area contributed by atoms with Crippen LogP contribution in [0.4, 0.5) is 4.39 Å². The van der Waals surface area contributed by atoms with Crippen molar-refractivity contribution in [2.45, 2.75) is 13.5 Å². The Morgan fingerprint density at radius 3 is 2.93 bits per heavy atom. The summed E-state index contributed by atoms with van der Waals surface area (Å²) in [7, 11) is 1.54. The Balaban J connectivity index is 1.69. The van der Waals surface area contributed by atoms with Gasteiger partial charge in [0.2, 0.25) is 0 Å². The van der Waals surface area contributed by atoms with Gasteiger partial charge < -0.3 is 14.4 Å². The molecule has 0 aliphatic carbocycles. The van der Waals surface area contributed by atoms with Crippen molar-refractivity contribution in [3.05, 3.63) is 68.0 Å². The molecule has 3 heterocycles. The standard InChI is InChI=1S/C19H14ClFN4O3S/c1-9-14(16(24-28-9)15-10(20)4-3-5-11(15)21)19(27)25(2)8-13-22-12-6-7-29-17(12)18(26)23-13/h3-7H,8H2,1-2H3,(H,22,23,26). The number of nitrogens with zero attached hydrogens (tertiary/aromatic N) is 3. The molecule has 4 aromatic rings. The molecular weight excluding hydrogens is 419 g/mol. The molecule has 148 valence electrons. The molecule has 0 aliphatic rings. The summed E-state index contributed by atoms with van der Waals surface area (Å²) in [6, 6.07) is 5.94. The zero-order valence-electron chi connectivity index (χ0n) is 15.3. The summed E-state index contributed by atoms with van der Waals surface area (Å²) < 4.78 is 20.0. The molecule has 0 fully saturated rings. The molecule has 1 aromatic carbocycles. The third-order valence-corrected chi connectivity index (χ3v) is 5.59. The lowest BCUT2D eigenvalue weighted by Crippen LogP contribution is -2.29. The van der Waals surface area contributed by atoms with Crippen molar-refractivity contribution in [1.82, 2.24) is 20.0 Å². The molecule has 0 saturated carbocycles. The van der Waals surface area contributed by atoms with Gasteiger partial charge in [0.1, 0.15) is 33.4 Å². The first-order valence-corrected chi connectivity index (χ1v) is 9.75. The van der Waals surface area contributed by atoms with Crippen LogP contribution in [0.1, 0.15) is 21.9 Å². The van der Waals surface area contributed by atoms with E-state index in [-0.39, 0.29) is 39.7 Å². The van der Waals surface area contributed by atoms with E-state index in [4.69, 9.17) is 16.1 Å². The van der Waals surface area contributed by atoms with Crippen LogP contribution in [-0.2, 0) is 6.54 Å². The van der Waals surface area contributed by atoms with Crippen molar-refractivity contribution >= 4 is 39.1 Å². The Morgan fingerprint density at radius 1 is 1.38 bits per heavy atom. The first-order chi connectivity index (χ1) is 13.9. The van der Waals surface area contributed by atoms with Crippen molar-refractivity contribution in [2.24, 2.45) is 0 Å². The van der Waals surface area contributed by atoms with E-state index in [1.165, 1.54) is 34.4 Å². The molecule has 10 heteroatoms. The maximum absolute atomic E-state index is 14.4. The minimum atomic E-state index is -0.614. The van der Waals surface area contributed by atoms with Gasteiger partial charge in [-0.3, -0.25) is 9.59 Å². The number of hydrogen-bond donors (Lipinski definition) is 1.